The van der Waals surface area contributed by atoms with Crippen LogP contribution in [0.1, 0.15) is 36.3 Å². The van der Waals surface area contributed by atoms with Crippen LogP contribution in [0, 0.1) is 0 Å². The number of piperidine rings is 1. The number of likely N-dealkylation sites (tertiary alicyclic amines) is 1. The maximum absolute atomic E-state index is 11.3. The predicted octanol–water partition coefficient (Wildman–Crippen LogP) is 2.52. The SMILES string of the molecule is NC(=O)CC1(O)CCCN(CC(c2ccccc2)c2ccccc2)C1. The number of aliphatic hydroxyl groups is 1. The second kappa shape index (κ2) is 7.81. The molecule has 4 heteroatoms. The van der Waals surface area contributed by atoms with Crippen molar-refractivity contribution in [1.29, 1.82) is 0 Å². The van der Waals surface area contributed by atoms with Gasteiger partial charge in [0, 0.05) is 19.0 Å². The Kier molecular flexibility index (Phi) is 5.51. The number of carbonyl (C=O) groups excluding carboxylic acids is 1. The Labute approximate surface area is 149 Å². The van der Waals surface area contributed by atoms with Gasteiger partial charge in [0.15, 0.2) is 0 Å². The summed E-state index contributed by atoms with van der Waals surface area (Å²) < 4.78 is 0. The number of benzene rings is 2. The molecule has 0 spiro atoms. The number of β-amino-alcohol motifs (C(OH)–C–C–N with tert-alkyl or cyclic N) is 1. The zero-order chi connectivity index (χ0) is 17.7. The summed E-state index contributed by atoms with van der Waals surface area (Å²) >= 11 is 0. The first-order valence-corrected chi connectivity index (χ1v) is 8.89. The minimum atomic E-state index is -0.998. The molecule has 0 bridgehead atoms. The van der Waals surface area contributed by atoms with Crippen molar-refractivity contribution >= 4 is 5.91 Å². The van der Waals surface area contributed by atoms with E-state index in [2.05, 4.69) is 53.4 Å². The van der Waals surface area contributed by atoms with E-state index in [1.54, 1.807) is 0 Å². The molecule has 2 aromatic carbocycles. The van der Waals surface area contributed by atoms with Gasteiger partial charge in [-0.2, -0.15) is 0 Å². The van der Waals surface area contributed by atoms with E-state index in [4.69, 9.17) is 5.73 Å². The van der Waals surface area contributed by atoms with Crippen molar-refractivity contribution in [2.45, 2.75) is 30.8 Å². The molecule has 0 saturated carbocycles. The zero-order valence-corrected chi connectivity index (χ0v) is 14.5. The van der Waals surface area contributed by atoms with Crippen LogP contribution in [0.4, 0.5) is 0 Å². The van der Waals surface area contributed by atoms with E-state index >= 15 is 0 Å². The lowest BCUT2D eigenvalue weighted by atomic mass is 9.86. The van der Waals surface area contributed by atoms with Gasteiger partial charge in [-0.15, -0.1) is 0 Å². The molecule has 1 saturated heterocycles. The number of nitrogens with zero attached hydrogens (tertiary/aromatic N) is 1. The summed E-state index contributed by atoms with van der Waals surface area (Å²) in [4.78, 5) is 13.5. The van der Waals surface area contributed by atoms with E-state index in [-0.39, 0.29) is 12.3 Å². The van der Waals surface area contributed by atoms with Gasteiger partial charge in [-0.3, -0.25) is 9.69 Å². The molecule has 1 aliphatic heterocycles. The van der Waals surface area contributed by atoms with Crippen LogP contribution in [0.2, 0.25) is 0 Å². The van der Waals surface area contributed by atoms with Crippen LogP contribution in [0.25, 0.3) is 0 Å². The number of carbonyl (C=O) groups is 1. The fourth-order valence-electron chi connectivity index (χ4n) is 3.86. The summed E-state index contributed by atoms with van der Waals surface area (Å²) in [7, 11) is 0. The molecule has 1 aliphatic rings. The second-order valence-corrected chi connectivity index (χ2v) is 7.08. The van der Waals surface area contributed by atoms with Crippen LogP contribution in [-0.2, 0) is 4.79 Å². The lowest BCUT2D eigenvalue weighted by molar-refractivity contribution is -0.125. The molecule has 0 aliphatic carbocycles. The quantitative estimate of drug-likeness (QED) is 0.850. The molecule has 25 heavy (non-hydrogen) atoms. The van der Waals surface area contributed by atoms with E-state index in [1.165, 1.54) is 11.1 Å². The van der Waals surface area contributed by atoms with Gasteiger partial charge in [-0.05, 0) is 30.5 Å². The van der Waals surface area contributed by atoms with Gasteiger partial charge in [0.05, 0.1) is 12.0 Å². The molecule has 1 amide bonds. The Morgan fingerprint density at radius 1 is 1.08 bits per heavy atom. The van der Waals surface area contributed by atoms with Gasteiger partial charge in [-0.25, -0.2) is 0 Å². The van der Waals surface area contributed by atoms with Gasteiger partial charge in [0.25, 0.3) is 0 Å². The van der Waals surface area contributed by atoms with Crippen LogP contribution >= 0.6 is 0 Å². The molecule has 4 nitrogen and oxygen atoms in total. The Hall–Kier alpha value is -2.17. The van der Waals surface area contributed by atoms with E-state index in [9.17, 15) is 9.90 Å². The Morgan fingerprint density at radius 3 is 2.16 bits per heavy atom. The first-order valence-electron chi connectivity index (χ1n) is 8.89. The van der Waals surface area contributed by atoms with E-state index in [1.807, 2.05) is 12.1 Å². The summed E-state index contributed by atoms with van der Waals surface area (Å²) in [5, 5.41) is 10.7. The Bertz CT molecular complexity index is 650. The highest BCUT2D eigenvalue weighted by Gasteiger charge is 2.35. The average molecular weight is 338 g/mol. The van der Waals surface area contributed by atoms with Crippen molar-refractivity contribution in [3.63, 3.8) is 0 Å². The molecule has 0 radical (unpaired) electrons. The number of hydrogen-bond donors (Lipinski definition) is 2. The highest BCUT2D eigenvalue weighted by Crippen LogP contribution is 2.30. The lowest BCUT2D eigenvalue weighted by Crippen LogP contribution is -2.50. The molecular formula is C21H26N2O2. The smallest absolute Gasteiger partial charge is 0.220 e. The zero-order valence-electron chi connectivity index (χ0n) is 14.5. The van der Waals surface area contributed by atoms with Gasteiger partial charge >= 0.3 is 0 Å². The van der Waals surface area contributed by atoms with E-state index in [0.717, 1.165) is 19.5 Å². The van der Waals surface area contributed by atoms with Crippen molar-refractivity contribution < 1.29 is 9.90 Å². The molecule has 3 rings (SSSR count). The fourth-order valence-corrected chi connectivity index (χ4v) is 3.86. The molecule has 1 heterocycles. The maximum atomic E-state index is 11.3. The number of rotatable bonds is 6. The van der Waals surface area contributed by atoms with Crippen LogP contribution in [-0.4, -0.2) is 41.1 Å². The molecule has 1 atom stereocenters. The van der Waals surface area contributed by atoms with Gasteiger partial charge in [-0.1, -0.05) is 60.7 Å². The summed E-state index contributed by atoms with van der Waals surface area (Å²) in [6.07, 6.45) is 1.54. The third-order valence-electron chi connectivity index (χ3n) is 4.98. The molecule has 1 fully saturated rings. The van der Waals surface area contributed by atoms with Crippen LogP contribution in [0.5, 0.6) is 0 Å². The summed E-state index contributed by atoms with van der Waals surface area (Å²) in [6, 6.07) is 20.9. The number of hydrogen-bond acceptors (Lipinski definition) is 3. The molecule has 132 valence electrons. The third-order valence-corrected chi connectivity index (χ3v) is 4.98. The largest absolute Gasteiger partial charge is 0.388 e. The van der Waals surface area contributed by atoms with Crippen molar-refractivity contribution in [3.8, 4) is 0 Å². The second-order valence-electron chi connectivity index (χ2n) is 7.08. The lowest BCUT2D eigenvalue weighted by Gasteiger charge is -2.40. The summed E-state index contributed by atoms with van der Waals surface area (Å²) in [5.41, 5.74) is 6.85. The van der Waals surface area contributed by atoms with Gasteiger partial charge in [0.2, 0.25) is 5.91 Å². The van der Waals surface area contributed by atoms with Crippen LogP contribution in [0.15, 0.2) is 60.7 Å². The van der Waals surface area contributed by atoms with Crippen molar-refractivity contribution in [1.82, 2.24) is 4.90 Å². The first kappa shape index (κ1) is 17.6. The molecule has 3 N–H and O–H groups in total. The minimum Gasteiger partial charge on any atom is -0.388 e. The van der Waals surface area contributed by atoms with E-state index < -0.39 is 11.5 Å². The Morgan fingerprint density at radius 2 is 1.64 bits per heavy atom. The third kappa shape index (κ3) is 4.68. The average Bonchev–Trinajstić information content (AvgIpc) is 2.60. The normalized spacial score (nSPS) is 21.4. The number of primary amides is 1. The summed E-state index contributed by atoms with van der Waals surface area (Å²) in [6.45, 7) is 2.23. The predicted molar refractivity (Wildman–Crippen MR) is 99.2 cm³/mol. The van der Waals surface area contributed by atoms with Crippen molar-refractivity contribution in [2.24, 2.45) is 5.73 Å². The molecule has 2 aromatic rings. The molecular weight excluding hydrogens is 312 g/mol. The summed E-state index contributed by atoms with van der Waals surface area (Å²) in [5.74, 6) is -0.203. The Balaban J connectivity index is 1.80. The topological polar surface area (TPSA) is 66.6 Å². The first-order chi connectivity index (χ1) is 12.1. The molecule has 0 aromatic heterocycles. The number of amides is 1. The number of nitrogens with two attached hydrogens (primary N) is 1. The van der Waals surface area contributed by atoms with Gasteiger partial charge in [0.1, 0.15) is 0 Å². The van der Waals surface area contributed by atoms with Crippen molar-refractivity contribution in [2.75, 3.05) is 19.6 Å². The minimum absolute atomic E-state index is 0.0326. The highest BCUT2D eigenvalue weighted by molar-refractivity contribution is 5.75. The monoisotopic (exact) mass is 338 g/mol. The highest BCUT2D eigenvalue weighted by atomic mass is 16.3. The standard InChI is InChI=1S/C21H26N2O2/c22-20(24)14-21(25)12-7-13-23(16-21)15-19(17-8-3-1-4-9-17)18-10-5-2-6-11-18/h1-6,8-11,19,25H,7,12-16H2,(H2,22,24). The van der Waals surface area contributed by atoms with E-state index in [0.29, 0.717) is 13.0 Å². The maximum Gasteiger partial charge on any atom is 0.220 e. The molecule has 1 unspecified atom stereocenters. The van der Waals surface area contributed by atoms with Crippen LogP contribution < -0.4 is 5.73 Å². The fraction of sp³-hybridized carbons (Fsp3) is 0.381. The van der Waals surface area contributed by atoms with Crippen molar-refractivity contribution in [3.05, 3.63) is 71.8 Å². The van der Waals surface area contributed by atoms with Crippen LogP contribution in [0.3, 0.4) is 0 Å². The van der Waals surface area contributed by atoms with Gasteiger partial charge < -0.3 is 10.8 Å².